The third-order valence-corrected chi connectivity index (χ3v) is 9.07. The van der Waals surface area contributed by atoms with E-state index >= 15 is 0 Å². The summed E-state index contributed by atoms with van der Waals surface area (Å²) in [6.07, 6.45) is 3.83. The van der Waals surface area contributed by atoms with Crippen molar-refractivity contribution >= 4 is 43.1 Å². The van der Waals surface area contributed by atoms with E-state index in [4.69, 9.17) is 9.72 Å². The van der Waals surface area contributed by atoms with Crippen LogP contribution in [0.4, 0.5) is 0 Å². The first-order valence-electron chi connectivity index (χ1n) is 15.6. The van der Waals surface area contributed by atoms with Gasteiger partial charge in [0.2, 0.25) is 0 Å². The van der Waals surface area contributed by atoms with Gasteiger partial charge in [-0.05, 0) is 91.6 Å². The second kappa shape index (κ2) is 12.9. The Kier molecular flexibility index (Phi) is 8.87. The predicted molar refractivity (Wildman–Crippen MR) is 196 cm³/mol. The van der Waals surface area contributed by atoms with E-state index in [1.165, 1.54) is 43.8 Å². The van der Waals surface area contributed by atoms with Crippen LogP contribution >= 0.6 is 0 Å². The number of aryl methyl sites for hydroxylation is 5. The van der Waals surface area contributed by atoms with Crippen LogP contribution in [-0.4, -0.2) is 15.0 Å². The Bertz CT molecular complexity index is 2500. The van der Waals surface area contributed by atoms with E-state index in [1.807, 2.05) is 31.5 Å². The third-order valence-electron chi connectivity index (χ3n) is 9.07. The number of hydrogen-bond acceptors (Lipinski definition) is 4. The molecule has 48 heavy (non-hydrogen) atoms. The molecule has 239 valence electrons. The van der Waals surface area contributed by atoms with Crippen LogP contribution in [0.15, 0.2) is 103 Å². The van der Waals surface area contributed by atoms with Gasteiger partial charge >= 0.3 is 0 Å². The number of nitrogens with zero attached hydrogens (tertiary/aromatic N) is 3. The number of rotatable bonds is 1. The van der Waals surface area contributed by atoms with Gasteiger partial charge in [-0.25, -0.2) is 0 Å². The van der Waals surface area contributed by atoms with Crippen LogP contribution in [0.1, 0.15) is 28.1 Å². The largest absolute Gasteiger partial charge is 0.492 e. The van der Waals surface area contributed by atoms with E-state index in [9.17, 15) is 0 Å². The van der Waals surface area contributed by atoms with Crippen LogP contribution in [0.25, 0.3) is 65.6 Å². The minimum absolute atomic E-state index is 0. The average Bonchev–Trinajstić information content (AvgIpc) is 3.06. The molecule has 4 heterocycles. The molecule has 0 atom stereocenters. The van der Waals surface area contributed by atoms with Gasteiger partial charge < -0.3 is 12.2 Å². The van der Waals surface area contributed by atoms with Gasteiger partial charge in [0.25, 0.3) is 0 Å². The molecule has 9 rings (SSSR count). The van der Waals surface area contributed by atoms with Crippen molar-refractivity contribution in [2.75, 3.05) is 0 Å². The molecule has 0 aliphatic carbocycles. The minimum atomic E-state index is 0. The van der Waals surface area contributed by atoms with Crippen LogP contribution in [-0.2, 0) is 20.1 Å². The Hall–Kier alpha value is -4.96. The SMILES string of the molecule is Cc1cc2c(ccc3c4ccnc5c4c(cc23)Oc2cc3ccccc3[c-]c2-5)c(C)n1.Cc1ccc(-c2cc(C)c(C)cn2)cc1.[CH3-].[Ir]. The van der Waals surface area contributed by atoms with Crippen molar-refractivity contribution in [2.24, 2.45) is 0 Å². The molecule has 1 radical (unpaired) electrons. The Balaban J connectivity index is 0.000000201. The fourth-order valence-corrected chi connectivity index (χ4v) is 6.50. The number of pyridine rings is 3. The van der Waals surface area contributed by atoms with Crippen molar-refractivity contribution in [1.29, 1.82) is 0 Å². The Morgan fingerprint density at radius 1 is 0.646 bits per heavy atom. The maximum atomic E-state index is 6.49. The van der Waals surface area contributed by atoms with Crippen molar-refractivity contribution < 1.29 is 24.8 Å². The van der Waals surface area contributed by atoms with E-state index in [1.54, 1.807) is 0 Å². The molecular formula is C43H35IrN3O-2. The molecule has 0 bridgehead atoms. The first kappa shape index (κ1) is 33.0. The topological polar surface area (TPSA) is 47.9 Å². The van der Waals surface area contributed by atoms with Gasteiger partial charge in [-0.1, -0.05) is 77.2 Å². The summed E-state index contributed by atoms with van der Waals surface area (Å²) < 4.78 is 6.49. The molecule has 0 amide bonds. The number of fused-ring (bicyclic) bond motifs is 7. The molecule has 0 saturated carbocycles. The summed E-state index contributed by atoms with van der Waals surface area (Å²) in [6, 6.07) is 35.3. The molecule has 5 heteroatoms. The van der Waals surface area contributed by atoms with Gasteiger partial charge in [0, 0.05) is 65.9 Å². The second-order valence-electron chi connectivity index (χ2n) is 12.3. The monoisotopic (exact) mass is 802 g/mol. The van der Waals surface area contributed by atoms with Crippen LogP contribution in [0.2, 0.25) is 0 Å². The summed E-state index contributed by atoms with van der Waals surface area (Å²) in [4.78, 5) is 13.9. The maximum absolute atomic E-state index is 6.49. The average molecular weight is 802 g/mol. The van der Waals surface area contributed by atoms with E-state index in [2.05, 4.69) is 123 Å². The van der Waals surface area contributed by atoms with Gasteiger partial charge in [-0.15, -0.1) is 17.5 Å². The van der Waals surface area contributed by atoms with Crippen LogP contribution in [0.5, 0.6) is 11.5 Å². The van der Waals surface area contributed by atoms with Crippen LogP contribution in [0, 0.1) is 48.1 Å². The quantitative estimate of drug-likeness (QED) is 0.123. The molecule has 5 aromatic carbocycles. The third kappa shape index (κ3) is 5.64. The number of ether oxygens (including phenoxy) is 1. The van der Waals surface area contributed by atoms with E-state index < -0.39 is 0 Å². The zero-order valence-corrected chi connectivity index (χ0v) is 30.3. The summed E-state index contributed by atoms with van der Waals surface area (Å²) in [5.41, 5.74) is 9.98. The van der Waals surface area contributed by atoms with Crippen molar-refractivity contribution in [3.8, 4) is 34.0 Å². The molecule has 1 aliphatic heterocycles. The molecule has 8 aromatic rings. The Morgan fingerprint density at radius 2 is 1.40 bits per heavy atom. The molecule has 0 N–H and O–H groups in total. The summed E-state index contributed by atoms with van der Waals surface area (Å²) in [6.45, 7) is 10.4. The Morgan fingerprint density at radius 3 is 2.19 bits per heavy atom. The van der Waals surface area contributed by atoms with Gasteiger partial charge in [0.05, 0.1) is 11.4 Å². The molecule has 0 fully saturated rings. The molecule has 1 aliphatic rings. The summed E-state index contributed by atoms with van der Waals surface area (Å²) in [5, 5.41) is 9.15. The summed E-state index contributed by atoms with van der Waals surface area (Å²) in [5.74, 6) is 1.65. The molecule has 4 nitrogen and oxygen atoms in total. The van der Waals surface area contributed by atoms with E-state index in [0.29, 0.717) is 0 Å². The van der Waals surface area contributed by atoms with Gasteiger partial charge in [0.1, 0.15) is 5.75 Å². The second-order valence-corrected chi connectivity index (χ2v) is 12.3. The van der Waals surface area contributed by atoms with Gasteiger partial charge in [-0.3, -0.25) is 15.0 Å². The fourth-order valence-electron chi connectivity index (χ4n) is 6.50. The first-order valence-corrected chi connectivity index (χ1v) is 15.6. The van der Waals surface area contributed by atoms with Crippen molar-refractivity contribution in [2.45, 2.75) is 34.6 Å². The smallest absolute Gasteiger partial charge is 0.120 e. The van der Waals surface area contributed by atoms with Crippen LogP contribution in [0.3, 0.4) is 0 Å². The number of hydrogen-bond donors (Lipinski definition) is 0. The molecular weight excluding hydrogens is 767 g/mol. The number of benzene rings is 5. The first-order chi connectivity index (χ1) is 22.3. The number of aromatic nitrogens is 3. The molecule has 0 unspecified atom stereocenters. The predicted octanol–water partition coefficient (Wildman–Crippen LogP) is 11.4. The van der Waals surface area contributed by atoms with E-state index in [0.717, 1.165) is 61.4 Å². The molecule has 0 spiro atoms. The normalized spacial score (nSPS) is 11.3. The van der Waals surface area contributed by atoms with Gasteiger partial charge in [-0.2, -0.15) is 0 Å². The summed E-state index contributed by atoms with van der Waals surface area (Å²) >= 11 is 0. The van der Waals surface area contributed by atoms with Crippen LogP contribution < -0.4 is 4.74 Å². The standard InChI is InChI=1S/C28H17N2O.C14H15N.CH3.Ir/c1-15-11-22-19(16(2)30-15)7-8-20-21-9-10-29-28-24-12-17-5-3-4-6-18(17)13-25(24)31-26(27(21)28)14-23(20)22;1-10-4-6-13(7-5-10)14-8-11(2)12(3)9-15-14;;/h3-11,13-14H,1-2H3;4-9H,1-3H3;1H3;/q-1;;-1;. The zero-order chi connectivity index (χ0) is 31.5. The van der Waals surface area contributed by atoms with E-state index in [-0.39, 0.29) is 27.5 Å². The molecule has 3 aromatic heterocycles. The van der Waals surface area contributed by atoms with Crippen molar-refractivity contribution in [3.63, 3.8) is 0 Å². The summed E-state index contributed by atoms with van der Waals surface area (Å²) in [7, 11) is 0. The van der Waals surface area contributed by atoms with Crippen molar-refractivity contribution in [3.05, 3.63) is 145 Å². The zero-order valence-electron chi connectivity index (χ0n) is 27.9. The minimum Gasteiger partial charge on any atom is -0.492 e. The Labute approximate surface area is 295 Å². The van der Waals surface area contributed by atoms with Gasteiger partial charge in [0.15, 0.2) is 0 Å². The fraction of sp³-hybridized carbons (Fsp3) is 0.116. The van der Waals surface area contributed by atoms with Crippen molar-refractivity contribution in [1.82, 2.24) is 15.0 Å². The maximum Gasteiger partial charge on any atom is 0.120 e. The molecule has 0 saturated heterocycles.